The second kappa shape index (κ2) is 8.67. The van der Waals surface area contributed by atoms with E-state index >= 15 is 0 Å². The molecular formula is C24H31N5O2. The largest absolute Gasteiger partial charge is 0.480 e. The van der Waals surface area contributed by atoms with Gasteiger partial charge in [-0.15, -0.1) is 0 Å². The van der Waals surface area contributed by atoms with Crippen LogP contribution in [-0.2, 0) is 10.2 Å². The van der Waals surface area contributed by atoms with E-state index in [-0.39, 0.29) is 6.04 Å². The molecule has 0 aliphatic heterocycles. The minimum Gasteiger partial charge on any atom is -0.480 e. The predicted octanol–water partition coefficient (Wildman–Crippen LogP) is 3.97. The van der Waals surface area contributed by atoms with E-state index in [0.717, 1.165) is 42.3 Å². The van der Waals surface area contributed by atoms with Gasteiger partial charge in [0.1, 0.15) is 17.1 Å². The number of hydrogen-bond acceptors (Lipinski definition) is 6. The number of carboxylic acids is 1. The number of pyridine rings is 2. The summed E-state index contributed by atoms with van der Waals surface area (Å²) in [7, 11) is 0. The summed E-state index contributed by atoms with van der Waals surface area (Å²) < 4.78 is 0. The molecule has 164 valence electrons. The fourth-order valence-corrected chi connectivity index (χ4v) is 4.39. The molecule has 0 saturated heterocycles. The molecule has 0 unspecified atom stereocenters. The van der Waals surface area contributed by atoms with Crippen molar-refractivity contribution in [2.24, 2.45) is 5.73 Å². The number of aromatic nitrogens is 2. The average Bonchev–Trinajstić information content (AvgIpc) is 2.75. The number of carbonyl (C=O) groups is 1. The Morgan fingerprint density at radius 2 is 2.00 bits per heavy atom. The highest BCUT2D eigenvalue weighted by molar-refractivity contribution is 5.95. The zero-order valence-corrected chi connectivity index (χ0v) is 18.1. The average molecular weight is 422 g/mol. The van der Waals surface area contributed by atoms with Crippen LogP contribution in [0.1, 0.15) is 51.6 Å². The van der Waals surface area contributed by atoms with Crippen LogP contribution in [0.4, 0.5) is 11.6 Å². The second-order valence-corrected chi connectivity index (χ2v) is 8.97. The Labute approximate surface area is 182 Å². The first-order chi connectivity index (χ1) is 14.9. The number of nitrogens with zero attached hydrogens (tertiary/aromatic N) is 2. The van der Waals surface area contributed by atoms with Gasteiger partial charge in [-0.05, 0) is 58.1 Å². The van der Waals surface area contributed by atoms with E-state index < -0.39 is 11.4 Å². The van der Waals surface area contributed by atoms with Crippen molar-refractivity contribution in [1.82, 2.24) is 9.97 Å². The molecule has 5 N–H and O–H groups in total. The number of aliphatic carboxylic acids is 1. The third kappa shape index (κ3) is 4.42. The molecule has 0 radical (unpaired) electrons. The van der Waals surface area contributed by atoms with Crippen molar-refractivity contribution in [3.8, 4) is 0 Å². The fourth-order valence-electron chi connectivity index (χ4n) is 4.39. The van der Waals surface area contributed by atoms with Crippen LogP contribution >= 0.6 is 0 Å². The third-order valence-corrected chi connectivity index (χ3v) is 6.17. The van der Waals surface area contributed by atoms with E-state index in [1.165, 1.54) is 0 Å². The number of allylic oxidation sites excluding steroid dienone is 3. The van der Waals surface area contributed by atoms with Gasteiger partial charge in [-0.2, -0.15) is 0 Å². The van der Waals surface area contributed by atoms with Crippen LogP contribution in [0.2, 0.25) is 0 Å². The maximum atomic E-state index is 12.3. The summed E-state index contributed by atoms with van der Waals surface area (Å²) >= 11 is 0. The molecule has 2 heterocycles. The molecule has 0 bridgehead atoms. The molecule has 2 aliphatic rings. The van der Waals surface area contributed by atoms with E-state index in [4.69, 9.17) is 10.7 Å². The molecule has 0 aromatic carbocycles. The Kier molecular flexibility index (Phi) is 5.96. The Morgan fingerprint density at radius 3 is 2.65 bits per heavy atom. The highest BCUT2D eigenvalue weighted by Gasteiger charge is 2.39. The molecule has 7 heteroatoms. The first kappa shape index (κ1) is 21.3. The number of rotatable bonds is 6. The van der Waals surface area contributed by atoms with Gasteiger partial charge in [0.05, 0.1) is 5.69 Å². The van der Waals surface area contributed by atoms with Crippen LogP contribution in [0.15, 0.2) is 42.6 Å². The second-order valence-electron chi connectivity index (χ2n) is 8.97. The minimum absolute atomic E-state index is 0.151. The van der Waals surface area contributed by atoms with Gasteiger partial charge in [0.2, 0.25) is 0 Å². The normalized spacial score (nSPS) is 25.7. The van der Waals surface area contributed by atoms with E-state index in [1.54, 1.807) is 18.3 Å². The molecular weight excluding hydrogens is 390 g/mol. The lowest BCUT2D eigenvalue weighted by molar-refractivity contribution is -0.142. The van der Waals surface area contributed by atoms with Gasteiger partial charge in [-0.1, -0.05) is 24.3 Å². The van der Waals surface area contributed by atoms with E-state index in [9.17, 15) is 9.90 Å². The van der Waals surface area contributed by atoms with Crippen molar-refractivity contribution in [3.63, 3.8) is 0 Å². The summed E-state index contributed by atoms with van der Waals surface area (Å²) in [6.45, 7) is 4.09. The molecule has 0 spiro atoms. The first-order valence-corrected chi connectivity index (χ1v) is 11.0. The lowest BCUT2D eigenvalue weighted by Gasteiger charge is -2.28. The van der Waals surface area contributed by atoms with Crippen LogP contribution in [0.25, 0.3) is 10.8 Å². The summed E-state index contributed by atoms with van der Waals surface area (Å²) in [5.74, 6) is 0.585. The minimum atomic E-state index is -1.17. The molecule has 7 nitrogen and oxygen atoms in total. The number of nitrogens with one attached hydrogen (secondary N) is 2. The van der Waals surface area contributed by atoms with Crippen LogP contribution < -0.4 is 16.4 Å². The van der Waals surface area contributed by atoms with Crippen molar-refractivity contribution in [1.29, 1.82) is 0 Å². The lowest BCUT2D eigenvalue weighted by atomic mass is 9.78. The van der Waals surface area contributed by atoms with Crippen LogP contribution in [0, 0.1) is 0 Å². The van der Waals surface area contributed by atoms with Crippen molar-refractivity contribution >= 4 is 28.4 Å². The maximum Gasteiger partial charge on any atom is 0.319 e. The molecule has 0 amide bonds. The van der Waals surface area contributed by atoms with Gasteiger partial charge in [0.25, 0.3) is 0 Å². The summed E-state index contributed by atoms with van der Waals surface area (Å²) in [5.41, 5.74) is 5.37. The van der Waals surface area contributed by atoms with Crippen LogP contribution in [0.3, 0.4) is 0 Å². The topological polar surface area (TPSA) is 113 Å². The van der Waals surface area contributed by atoms with Crippen molar-refractivity contribution < 1.29 is 9.90 Å². The Bertz CT molecular complexity index is 1020. The molecule has 31 heavy (non-hydrogen) atoms. The third-order valence-electron chi connectivity index (χ3n) is 6.17. The summed E-state index contributed by atoms with van der Waals surface area (Å²) in [5, 5.41) is 18.8. The molecule has 1 fully saturated rings. The molecule has 2 aromatic rings. The highest BCUT2D eigenvalue weighted by Crippen LogP contribution is 2.36. The molecule has 1 atom stereocenters. The number of hydrogen-bond donors (Lipinski definition) is 4. The number of nitrogens with two attached hydrogens (primary N) is 1. The number of carboxylic acid groups (broad SMARTS) is 1. The molecule has 4 rings (SSSR count). The van der Waals surface area contributed by atoms with E-state index in [1.807, 2.05) is 38.1 Å². The summed E-state index contributed by atoms with van der Waals surface area (Å²) in [6, 6.07) is 4.69. The summed E-state index contributed by atoms with van der Waals surface area (Å²) in [4.78, 5) is 21.7. The Balaban J connectivity index is 1.73. The standard InChI is InChI=1S/C24H31N5O2/c1-15(2)27-22-19-13-21(28-18-8-6-17(25)7-9-18)26-14-16(19)12-20(29-22)24(23(30)31)10-4-3-5-11-24/h3-5,10,12-15,17-18H,6-9,11,25H2,1-2H3,(H,26,28)(H,27,29)(H,30,31)/t17?,18?,24-/m0/s1. The zero-order valence-electron chi connectivity index (χ0n) is 18.1. The quantitative estimate of drug-likeness (QED) is 0.558. The van der Waals surface area contributed by atoms with Gasteiger partial charge >= 0.3 is 5.97 Å². The lowest BCUT2D eigenvalue weighted by Crippen LogP contribution is -2.35. The fraction of sp³-hybridized carbons (Fsp3) is 0.458. The Hall–Kier alpha value is -2.93. The van der Waals surface area contributed by atoms with Gasteiger partial charge in [0.15, 0.2) is 0 Å². The monoisotopic (exact) mass is 421 g/mol. The summed E-state index contributed by atoms with van der Waals surface area (Å²) in [6.07, 6.45) is 13.5. The van der Waals surface area contributed by atoms with Crippen molar-refractivity contribution in [2.75, 3.05) is 10.6 Å². The molecule has 2 aliphatic carbocycles. The number of fused-ring (bicyclic) bond motifs is 1. The maximum absolute atomic E-state index is 12.3. The molecule has 2 aromatic heterocycles. The van der Waals surface area contributed by atoms with Gasteiger partial charge in [-0.3, -0.25) is 4.79 Å². The van der Waals surface area contributed by atoms with E-state index in [2.05, 4.69) is 15.6 Å². The van der Waals surface area contributed by atoms with Crippen LogP contribution in [0.5, 0.6) is 0 Å². The zero-order chi connectivity index (χ0) is 22.0. The van der Waals surface area contributed by atoms with Gasteiger partial charge in [0, 0.05) is 35.1 Å². The van der Waals surface area contributed by atoms with Crippen molar-refractivity contribution in [3.05, 3.63) is 48.3 Å². The number of anilines is 2. The highest BCUT2D eigenvalue weighted by atomic mass is 16.4. The van der Waals surface area contributed by atoms with Gasteiger partial charge in [-0.25, -0.2) is 9.97 Å². The van der Waals surface area contributed by atoms with Crippen molar-refractivity contribution in [2.45, 2.75) is 69.5 Å². The molecule has 1 saturated carbocycles. The van der Waals surface area contributed by atoms with Crippen LogP contribution in [-0.4, -0.2) is 39.2 Å². The van der Waals surface area contributed by atoms with E-state index in [0.29, 0.717) is 30.0 Å². The SMILES string of the molecule is CC(C)Nc1nc([C@]2(C(=O)O)C=CC=CC2)cc2cnc(NC3CCC(N)CC3)cc12. The smallest absolute Gasteiger partial charge is 0.319 e. The Morgan fingerprint density at radius 1 is 1.23 bits per heavy atom. The predicted molar refractivity (Wildman–Crippen MR) is 124 cm³/mol. The van der Waals surface area contributed by atoms with Gasteiger partial charge < -0.3 is 21.5 Å². The first-order valence-electron chi connectivity index (χ1n) is 11.0.